The van der Waals surface area contributed by atoms with Gasteiger partial charge in [-0.15, -0.1) is 0 Å². The third-order valence-electron chi connectivity index (χ3n) is 3.87. The molecule has 110 valence electrons. The number of nitrogens with two attached hydrogens (primary N) is 1. The van der Waals surface area contributed by atoms with Gasteiger partial charge < -0.3 is 11.1 Å². The van der Waals surface area contributed by atoms with Gasteiger partial charge in [0, 0.05) is 17.3 Å². The van der Waals surface area contributed by atoms with Crippen LogP contribution in [0.25, 0.3) is 0 Å². The predicted molar refractivity (Wildman–Crippen MR) is 78.6 cm³/mol. The van der Waals surface area contributed by atoms with E-state index in [2.05, 4.69) is 5.32 Å². The summed E-state index contributed by atoms with van der Waals surface area (Å²) in [5.41, 5.74) is 5.40. The fourth-order valence-electron chi connectivity index (χ4n) is 2.22. The highest BCUT2D eigenvalue weighted by atomic mass is 16.6. The van der Waals surface area contributed by atoms with Crippen LogP contribution < -0.4 is 11.1 Å². The fraction of sp³-hybridized carbons (Fsp3) is 0.500. The van der Waals surface area contributed by atoms with Crippen LogP contribution in [-0.4, -0.2) is 16.4 Å². The van der Waals surface area contributed by atoms with Gasteiger partial charge >= 0.3 is 0 Å². The van der Waals surface area contributed by atoms with E-state index in [9.17, 15) is 14.9 Å². The smallest absolute Gasteiger partial charge is 0.282 e. The van der Waals surface area contributed by atoms with Crippen molar-refractivity contribution >= 4 is 17.3 Å². The number of nitrogen functional groups attached to an aromatic ring is 1. The number of nitrogens with one attached hydrogen (secondary N) is 1. The Balaban J connectivity index is 3.15. The van der Waals surface area contributed by atoms with Crippen LogP contribution >= 0.6 is 0 Å². The van der Waals surface area contributed by atoms with Gasteiger partial charge in [0.1, 0.15) is 5.56 Å². The van der Waals surface area contributed by atoms with Gasteiger partial charge in [-0.3, -0.25) is 14.9 Å². The van der Waals surface area contributed by atoms with Crippen LogP contribution in [0.5, 0.6) is 0 Å². The van der Waals surface area contributed by atoms with Crippen molar-refractivity contribution in [3.05, 3.63) is 33.9 Å². The van der Waals surface area contributed by atoms with Crippen molar-refractivity contribution in [2.24, 2.45) is 0 Å². The van der Waals surface area contributed by atoms with Crippen molar-refractivity contribution in [1.82, 2.24) is 5.32 Å². The molecule has 20 heavy (non-hydrogen) atoms. The first-order valence-corrected chi connectivity index (χ1v) is 6.75. The second kappa shape index (κ2) is 6.36. The summed E-state index contributed by atoms with van der Waals surface area (Å²) in [4.78, 5) is 22.8. The fourth-order valence-corrected chi connectivity index (χ4v) is 2.22. The molecule has 0 spiro atoms. The van der Waals surface area contributed by atoms with Gasteiger partial charge in [0.25, 0.3) is 11.6 Å². The van der Waals surface area contributed by atoms with Crippen LogP contribution in [0.4, 0.5) is 11.4 Å². The first kappa shape index (κ1) is 15.9. The van der Waals surface area contributed by atoms with Crippen LogP contribution in [0.2, 0.25) is 0 Å². The van der Waals surface area contributed by atoms with Gasteiger partial charge in [0.2, 0.25) is 0 Å². The number of nitrogens with zero attached hydrogens (tertiary/aromatic N) is 1. The number of benzene rings is 1. The minimum Gasteiger partial charge on any atom is -0.399 e. The standard InChI is InChI=1S/C14H21N3O3/c1-4-14(5-2,6-3)16-13(18)11-9-10(15)7-8-12(11)17(19)20/h7-9H,4-6,15H2,1-3H3,(H,16,18). The Hall–Kier alpha value is -2.11. The van der Waals surface area contributed by atoms with Crippen molar-refractivity contribution in [3.8, 4) is 0 Å². The molecule has 0 aromatic heterocycles. The number of carbonyl (C=O) groups is 1. The third-order valence-corrected chi connectivity index (χ3v) is 3.87. The third kappa shape index (κ3) is 3.26. The molecule has 0 atom stereocenters. The Morgan fingerprint density at radius 2 is 1.85 bits per heavy atom. The Bertz CT molecular complexity index is 502. The van der Waals surface area contributed by atoms with Gasteiger partial charge in [0.05, 0.1) is 4.92 Å². The van der Waals surface area contributed by atoms with Crippen LogP contribution in [0, 0.1) is 10.1 Å². The molecule has 0 bridgehead atoms. The number of anilines is 1. The SMILES string of the molecule is CCC(CC)(CC)NC(=O)c1cc(N)ccc1[N+](=O)[O-]. The highest BCUT2D eigenvalue weighted by molar-refractivity contribution is 5.99. The highest BCUT2D eigenvalue weighted by Crippen LogP contribution is 2.24. The van der Waals surface area contributed by atoms with Crippen molar-refractivity contribution in [2.75, 3.05) is 5.73 Å². The zero-order valence-corrected chi connectivity index (χ0v) is 12.1. The summed E-state index contributed by atoms with van der Waals surface area (Å²) in [6.07, 6.45) is 2.30. The Kier molecular flexibility index (Phi) is 5.07. The molecule has 0 heterocycles. The Morgan fingerprint density at radius 3 is 2.30 bits per heavy atom. The van der Waals surface area contributed by atoms with Crippen LogP contribution in [-0.2, 0) is 0 Å². The average Bonchev–Trinajstić information content (AvgIpc) is 2.44. The lowest BCUT2D eigenvalue weighted by Gasteiger charge is -2.31. The molecule has 1 aromatic carbocycles. The lowest BCUT2D eigenvalue weighted by atomic mass is 9.89. The summed E-state index contributed by atoms with van der Waals surface area (Å²) in [5, 5.41) is 13.9. The number of amides is 1. The van der Waals surface area contributed by atoms with Crippen molar-refractivity contribution < 1.29 is 9.72 Å². The van der Waals surface area contributed by atoms with E-state index < -0.39 is 10.8 Å². The molecule has 3 N–H and O–H groups in total. The molecule has 0 saturated carbocycles. The maximum Gasteiger partial charge on any atom is 0.282 e. The van der Waals surface area contributed by atoms with E-state index in [-0.39, 0.29) is 16.8 Å². The Morgan fingerprint density at radius 1 is 1.30 bits per heavy atom. The summed E-state index contributed by atoms with van der Waals surface area (Å²) < 4.78 is 0. The van der Waals surface area contributed by atoms with Gasteiger partial charge in [-0.2, -0.15) is 0 Å². The molecule has 1 amide bonds. The van der Waals surface area contributed by atoms with Crippen molar-refractivity contribution in [3.63, 3.8) is 0 Å². The molecule has 0 fully saturated rings. The molecule has 6 heteroatoms. The first-order chi connectivity index (χ1) is 9.39. The largest absolute Gasteiger partial charge is 0.399 e. The van der Waals surface area contributed by atoms with E-state index in [1.54, 1.807) is 0 Å². The van der Waals surface area contributed by atoms with E-state index in [1.165, 1.54) is 18.2 Å². The summed E-state index contributed by atoms with van der Waals surface area (Å²) in [7, 11) is 0. The number of hydrogen-bond acceptors (Lipinski definition) is 4. The topological polar surface area (TPSA) is 98.3 Å². The van der Waals surface area contributed by atoms with E-state index in [1.807, 2.05) is 20.8 Å². The molecular formula is C14H21N3O3. The number of carbonyl (C=O) groups excluding carboxylic acids is 1. The summed E-state index contributed by atoms with van der Waals surface area (Å²) >= 11 is 0. The minimum absolute atomic E-state index is 0.00900. The van der Waals surface area contributed by atoms with E-state index in [0.717, 1.165) is 19.3 Å². The summed E-state index contributed by atoms with van der Waals surface area (Å²) in [6, 6.07) is 4.02. The first-order valence-electron chi connectivity index (χ1n) is 6.75. The molecule has 1 rings (SSSR count). The highest BCUT2D eigenvalue weighted by Gasteiger charge is 2.29. The molecule has 0 aliphatic heterocycles. The van der Waals surface area contributed by atoms with E-state index >= 15 is 0 Å². The average molecular weight is 279 g/mol. The zero-order valence-electron chi connectivity index (χ0n) is 12.1. The van der Waals surface area contributed by atoms with Gasteiger partial charge in [-0.25, -0.2) is 0 Å². The predicted octanol–water partition coefficient (Wildman–Crippen LogP) is 2.88. The molecule has 0 saturated heterocycles. The maximum absolute atomic E-state index is 12.3. The van der Waals surface area contributed by atoms with E-state index in [4.69, 9.17) is 5.73 Å². The Labute approximate surface area is 118 Å². The second-order valence-electron chi connectivity index (χ2n) is 4.83. The minimum atomic E-state index is -0.570. The summed E-state index contributed by atoms with van der Waals surface area (Å²) in [5.74, 6) is -0.449. The normalized spacial score (nSPS) is 11.2. The van der Waals surface area contributed by atoms with Gasteiger partial charge in [0.15, 0.2) is 0 Å². The lowest BCUT2D eigenvalue weighted by Crippen LogP contribution is -2.47. The number of nitro benzene ring substituents is 1. The quantitative estimate of drug-likeness (QED) is 0.475. The number of rotatable bonds is 6. The molecule has 0 aliphatic carbocycles. The zero-order chi connectivity index (χ0) is 15.3. The van der Waals surface area contributed by atoms with Gasteiger partial charge in [-0.1, -0.05) is 20.8 Å². The number of nitro groups is 1. The maximum atomic E-state index is 12.3. The molecular weight excluding hydrogens is 258 g/mol. The van der Waals surface area contributed by atoms with Crippen molar-refractivity contribution in [2.45, 2.75) is 45.6 Å². The molecule has 0 aliphatic rings. The van der Waals surface area contributed by atoms with Gasteiger partial charge in [-0.05, 0) is 31.4 Å². The lowest BCUT2D eigenvalue weighted by molar-refractivity contribution is -0.385. The number of hydrogen-bond donors (Lipinski definition) is 2. The van der Waals surface area contributed by atoms with Crippen LogP contribution in [0.15, 0.2) is 18.2 Å². The summed E-state index contributed by atoms with van der Waals surface area (Å²) in [6.45, 7) is 5.96. The monoisotopic (exact) mass is 279 g/mol. The molecule has 0 radical (unpaired) electrons. The molecule has 6 nitrogen and oxygen atoms in total. The second-order valence-corrected chi connectivity index (χ2v) is 4.83. The van der Waals surface area contributed by atoms with Crippen molar-refractivity contribution in [1.29, 1.82) is 0 Å². The van der Waals surface area contributed by atoms with Crippen LogP contribution in [0.3, 0.4) is 0 Å². The van der Waals surface area contributed by atoms with Crippen LogP contribution in [0.1, 0.15) is 50.4 Å². The molecule has 1 aromatic rings. The van der Waals surface area contributed by atoms with E-state index in [0.29, 0.717) is 5.69 Å². The molecule has 0 unspecified atom stereocenters.